The van der Waals surface area contributed by atoms with E-state index in [2.05, 4.69) is 90.1 Å². The van der Waals surface area contributed by atoms with E-state index in [4.69, 9.17) is 9.98 Å². The topological polar surface area (TPSA) is 24.7 Å². The van der Waals surface area contributed by atoms with Crippen LogP contribution in [0.2, 0.25) is 0 Å². The van der Waals surface area contributed by atoms with Crippen molar-refractivity contribution in [2.75, 3.05) is 0 Å². The van der Waals surface area contributed by atoms with Gasteiger partial charge in [0.05, 0.1) is 22.8 Å². The van der Waals surface area contributed by atoms with Crippen LogP contribution < -0.4 is 0 Å². The summed E-state index contributed by atoms with van der Waals surface area (Å²) in [5.74, 6) is 0. The standard InChI is InChI=1S/C42H66N2/c1-7-13-18-24-35-29-36(25-19-14-8-2)32-39(31-35)43-41(23-12-6)42(28-22-17-11-5)44-40-33-37(26-20-15-9-3)30-38(34-40)27-21-16-10-4/h12,23,29-34H,7-11,13-22,24-28H2,1-6H3. The Kier molecular flexibility index (Phi) is 20.4. The molecule has 2 nitrogen and oxygen atoms in total. The van der Waals surface area contributed by atoms with Crippen LogP contribution >= 0.6 is 0 Å². The summed E-state index contributed by atoms with van der Waals surface area (Å²) >= 11 is 0. The van der Waals surface area contributed by atoms with Crippen molar-refractivity contribution in [2.45, 2.75) is 170 Å². The average molecular weight is 599 g/mol. The van der Waals surface area contributed by atoms with Gasteiger partial charge in [0.15, 0.2) is 0 Å². The van der Waals surface area contributed by atoms with Crippen LogP contribution in [0.4, 0.5) is 11.4 Å². The van der Waals surface area contributed by atoms with Crippen LogP contribution in [0.15, 0.2) is 58.5 Å². The van der Waals surface area contributed by atoms with E-state index in [0.29, 0.717) is 0 Å². The zero-order valence-electron chi connectivity index (χ0n) is 29.7. The molecular weight excluding hydrogens is 532 g/mol. The average Bonchev–Trinajstić information content (AvgIpc) is 3.01. The minimum Gasteiger partial charge on any atom is -0.251 e. The molecule has 2 aromatic rings. The Balaban J connectivity index is 2.58. The van der Waals surface area contributed by atoms with E-state index in [1.807, 2.05) is 0 Å². The number of aliphatic imine (C=N–C) groups is 2. The number of aryl methyl sites for hydroxylation is 4. The zero-order chi connectivity index (χ0) is 31.8. The second-order valence-electron chi connectivity index (χ2n) is 12.9. The maximum Gasteiger partial charge on any atom is 0.0848 e. The smallest absolute Gasteiger partial charge is 0.0848 e. The van der Waals surface area contributed by atoms with Crippen LogP contribution in [0, 0.1) is 0 Å². The molecule has 0 amide bonds. The highest BCUT2D eigenvalue weighted by Gasteiger charge is 2.11. The molecule has 44 heavy (non-hydrogen) atoms. The van der Waals surface area contributed by atoms with Crippen molar-refractivity contribution in [3.05, 3.63) is 70.8 Å². The lowest BCUT2D eigenvalue weighted by Gasteiger charge is -2.12. The van der Waals surface area contributed by atoms with Gasteiger partial charge in [0, 0.05) is 0 Å². The van der Waals surface area contributed by atoms with Gasteiger partial charge >= 0.3 is 0 Å². The van der Waals surface area contributed by atoms with Crippen LogP contribution in [0.5, 0.6) is 0 Å². The van der Waals surface area contributed by atoms with E-state index in [0.717, 1.165) is 61.3 Å². The van der Waals surface area contributed by atoms with Gasteiger partial charge in [-0.2, -0.15) is 0 Å². The molecule has 2 rings (SSSR count). The van der Waals surface area contributed by atoms with Crippen LogP contribution in [0.25, 0.3) is 0 Å². The maximum atomic E-state index is 5.42. The Morgan fingerprint density at radius 3 is 1.20 bits per heavy atom. The monoisotopic (exact) mass is 599 g/mol. The highest BCUT2D eigenvalue weighted by molar-refractivity contribution is 6.47. The molecule has 0 heterocycles. The van der Waals surface area contributed by atoms with Crippen LogP contribution in [0.1, 0.15) is 167 Å². The quantitative estimate of drug-likeness (QED) is 0.0848. The fourth-order valence-electron chi connectivity index (χ4n) is 5.94. The molecular formula is C42H66N2. The first-order chi connectivity index (χ1) is 21.6. The van der Waals surface area contributed by atoms with Crippen LogP contribution in [-0.2, 0) is 25.7 Å². The van der Waals surface area contributed by atoms with Gasteiger partial charge in [0.1, 0.15) is 0 Å². The first-order valence-electron chi connectivity index (χ1n) is 18.6. The fraction of sp³-hybridized carbons (Fsp3) is 0.619. The number of allylic oxidation sites excluding steroid dienone is 2. The SMILES string of the molecule is CC=CC(=Nc1cc(CCCCC)cc(CCCCC)c1)C(CCCCC)=Nc1cc(CCCCC)cc(CCCCC)c1. The van der Waals surface area contributed by atoms with Crippen molar-refractivity contribution in [2.24, 2.45) is 9.98 Å². The van der Waals surface area contributed by atoms with Crippen molar-refractivity contribution in [1.29, 1.82) is 0 Å². The summed E-state index contributed by atoms with van der Waals surface area (Å²) in [4.78, 5) is 10.8. The van der Waals surface area contributed by atoms with E-state index in [1.165, 1.54) is 112 Å². The molecule has 0 radical (unpaired) electrons. The number of unbranched alkanes of at least 4 members (excludes halogenated alkanes) is 10. The van der Waals surface area contributed by atoms with Gasteiger partial charge in [-0.3, -0.25) is 4.99 Å². The number of benzene rings is 2. The minimum atomic E-state index is 0.960. The Labute approximate surface area is 273 Å². The predicted molar refractivity (Wildman–Crippen MR) is 199 cm³/mol. The van der Waals surface area contributed by atoms with Crippen molar-refractivity contribution >= 4 is 22.8 Å². The van der Waals surface area contributed by atoms with Gasteiger partial charge in [-0.15, -0.1) is 0 Å². The molecule has 0 saturated heterocycles. The Morgan fingerprint density at radius 2 is 0.841 bits per heavy atom. The maximum absolute atomic E-state index is 5.42. The second kappa shape index (κ2) is 23.8. The Hall–Kier alpha value is -2.48. The first kappa shape index (κ1) is 37.7. The molecule has 0 aliphatic carbocycles. The van der Waals surface area contributed by atoms with E-state index in [1.54, 1.807) is 0 Å². The highest BCUT2D eigenvalue weighted by Crippen LogP contribution is 2.25. The number of rotatable bonds is 24. The third-order valence-electron chi connectivity index (χ3n) is 8.50. The fourth-order valence-corrected chi connectivity index (χ4v) is 5.94. The summed E-state index contributed by atoms with van der Waals surface area (Å²) in [5.41, 5.74) is 10.1. The summed E-state index contributed by atoms with van der Waals surface area (Å²) < 4.78 is 0. The van der Waals surface area contributed by atoms with Crippen molar-refractivity contribution < 1.29 is 0 Å². The van der Waals surface area contributed by atoms with Crippen molar-refractivity contribution in [3.63, 3.8) is 0 Å². The minimum absolute atomic E-state index is 0.960. The van der Waals surface area contributed by atoms with E-state index in [-0.39, 0.29) is 0 Å². The molecule has 0 saturated carbocycles. The third-order valence-corrected chi connectivity index (χ3v) is 8.50. The molecule has 2 aromatic carbocycles. The van der Waals surface area contributed by atoms with Crippen LogP contribution in [0.3, 0.4) is 0 Å². The van der Waals surface area contributed by atoms with Crippen LogP contribution in [-0.4, -0.2) is 11.4 Å². The highest BCUT2D eigenvalue weighted by atomic mass is 14.8. The van der Waals surface area contributed by atoms with Crippen molar-refractivity contribution in [3.8, 4) is 0 Å². The van der Waals surface area contributed by atoms with E-state index >= 15 is 0 Å². The lowest BCUT2D eigenvalue weighted by atomic mass is 9.99. The molecule has 0 fully saturated rings. The lowest BCUT2D eigenvalue weighted by molar-refractivity contribution is 0.708. The lowest BCUT2D eigenvalue weighted by Crippen LogP contribution is -2.12. The largest absolute Gasteiger partial charge is 0.251 e. The van der Waals surface area contributed by atoms with Crippen molar-refractivity contribution in [1.82, 2.24) is 0 Å². The van der Waals surface area contributed by atoms with Gasteiger partial charge in [-0.25, -0.2) is 4.99 Å². The number of hydrogen-bond acceptors (Lipinski definition) is 2. The summed E-state index contributed by atoms with van der Waals surface area (Å²) in [6, 6.07) is 14.3. The summed E-state index contributed by atoms with van der Waals surface area (Å²) in [7, 11) is 0. The predicted octanol–water partition coefficient (Wildman–Crippen LogP) is 13.6. The molecule has 0 atom stereocenters. The third kappa shape index (κ3) is 15.5. The first-order valence-corrected chi connectivity index (χ1v) is 18.6. The van der Waals surface area contributed by atoms with E-state index in [9.17, 15) is 0 Å². The number of nitrogens with zero attached hydrogens (tertiary/aromatic N) is 2. The van der Waals surface area contributed by atoms with Gasteiger partial charge < -0.3 is 0 Å². The molecule has 0 spiro atoms. The normalized spacial score (nSPS) is 12.5. The zero-order valence-corrected chi connectivity index (χ0v) is 29.7. The van der Waals surface area contributed by atoms with Gasteiger partial charge in [0.25, 0.3) is 0 Å². The summed E-state index contributed by atoms with van der Waals surface area (Å²) in [6.07, 6.45) is 28.6. The van der Waals surface area contributed by atoms with Gasteiger partial charge in [-0.05, 0) is 124 Å². The number of hydrogen-bond donors (Lipinski definition) is 0. The summed E-state index contributed by atoms with van der Waals surface area (Å²) in [6.45, 7) is 13.5. The molecule has 0 aliphatic heterocycles. The molecule has 0 aromatic heterocycles. The molecule has 244 valence electrons. The van der Waals surface area contributed by atoms with Gasteiger partial charge in [0.2, 0.25) is 0 Å². The molecule has 0 unspecified atom stereocenters. The molecule has 0 aliphatic rings. The molecule has 0 bridgehead atoms. The summed E-state index contributed by atoms with van der Waals surface area (Å²) in [5, 5.41) is 0. The Bertz CT molecular complexity index is 1080. The molecule has 2 heteroatoms. The van der Waals surface area contributed by atoms with Gasteiger partial charge in [-0.1, -0.05) is 117 Å². The second-order valence-corrected chi connectivity index (χ2v) is 12.9. The molecule has 0 N–H and O–H groups in total. The van der Waals surface area contributed by atoms with E-state index < -0.39 is 0 Å². The Morgan fingerprint density at radius 1 is 0.477 bits per heavy atom.